The zero-order valence-corrected chi connectivity index (χ0v) is 11.6. The first-order chi connectivity index (χ1) is 9.72. The van der Waals surface area contributed by atoms with Gasteiger partial charge in [-0.2, -0.15) is 0 Å². The quantitative estimate of drug-likeness (QED) is 0.843. The van der Waals surface area contributed by atoms with E-state index in [0.29, 0.717) is 12.1 Å². The fourth-order valence-corrected chi connectivity index (χ4v) is 2.29. The van der Waals surface area contributed by atoms with Crippen molar-refractivity contribution in [2.75, 3.05) is 6.54 Å². The fraction of sp³-hybridized carbons (Fsp3) is 0.294. The zero-order chi connectivity index (χ0) is 14.4. The van der Waals surface area contributed by atoms with Crippen molar-refractivity contribution in [2.45, 2.75) is 25.5 Å². The maximum atomic E-state index is 13.6. The van der Waals surface area contributed by atoms with Crippen molar-refractivity contribution in [3.8, 4) is 0 Å². The second-order valence-electron chi connectivity index (χ2n) is 4.82. The van der Waals surface area contributed by atoms with Gasteiger partial charge in [-0.1, -0.05) is 55.5 Å². The first kappa shape index (κ1) is 14.7. The minimum Gasteiger partial charge on any atom is -0.387 e. The Hall–Kier alpha value is -1.71. The number of hydrogen-bond acceptors (Lipinski definition) is 2. The van der Waals surface area contributed by atoms with Gasteiger partial charge in [0, 0.05) is 18.2 Å². The summed E-state index contributed by atoms with van der Waals surface area (Å²) < 4.78 is 13.6. The number of aliphatic hydroxyl groups excluding tert-OH is 1. The van der Waals surface area contributed by atoms with Crippen LogP contribution in [0.3, 0.4) is 0 Å². The summed E-state index contributed by atoms with van der Waals surface area (Å²) in [7, 11) is 0. The molecule has 0 aliphatic heterocycles. The van der Waals surface area contributed by atoms with Crippen LogP contribution in [0, 0.1) is 5.82 Å². The van der Waals surface area contributed by atoms with Crippen molar-refractivity contribution in [1.82, 2.24) is 5.32 Å². The molecule has 0 saturated carbocycles. The second-order valence-corrected chi connectivity index (χ2v) is 4.82. The second kappa shape index (κ2) is 7.17. The molecule has 0 spiro atoms. The van der Waals surface area contributed by atoms with E-state index in [0.717, 1.165) is 6.42 Å². The van der Waals surface area contributed by atoms with E-state index < -0.39 is 6.10 Å². The number of halogens is 1. The molecule has 2 rings (SSSR count). The Labute approximate surface area is 119 Å². The van der Waals surface area contributed by atoms with Crippen LogP contribution in [-0.4, -0.2) is 11.7 Å². The van der Waals surface area contributed by atoms with Crippen LogP contribution in [0.5, 0.6) is 0 Å². The van der Waals surface area contributed by atoms with Gasteiger partial charge in [0.25, 0.3) is 0 Å². The summed E-state index contributed by atoms with van der Waals surface area (Å²) in [6, 6.07) is 16.6. The topological polar surface area (TPSA) is 32.3 Å². The molecular weight excluding hydrogens is 253 g/mol. The highest BCUT2D eigenvalue weighted by molar-refractivity contribution is 5.21. The van der Waals surface area contributed by atoms with E-state index >= 15 is 0 Å². The van der Waals surface area contributed by atoms with E-state index in [2.05, 4.69) is 24.4 Å². The molecular formula is C17H20FNO. The summed E-state index contributed by atoms with van der Waals surface area (Å²) >= 11 is 0. The Morgan fingerprint density at radius 1 is 1.05 bits per heavy atom. The average molecular weight is 273 g/mol. The summed E-state index contributed by atoms with van der Waals surface area (Å²) in [5, 5.41) is 13.4. The molecule has 3 heteroatoms. The first-order valence-corrected chi connectivity index (χ1v) is 6.93. The third-order valence-corrected chi connectivity index (χ3v) is 3.43. The number of nitrogens with one attached hydrogen (secondary N) is 1. The highest BCUT2D eigenvalue weighted by Crippen LogP contribution is 2.19. The lowest BCUT2D eigenvalue weighted by Crippen LogP contribution is -2.26. The SMILES string of the molecule is CCC(NCC(O)c1ccccc1F)c1ccccc1. The molecule has 2 N–H and O–H groups in total. The Bertz CT molecular complexity index is 530. The molecule has 106 valence electrons. The van der Waals surface area contributed by atoms with E-state index in [1.807, 2.05) is 18.2 Å². The number of aliphatic hydroxyl groups is 1. The molecule has 2 nitrogen and oxygen atoms in total. The molecule has 0 radical (unpaired) electrons. The average Bonchev–Trinajstić information content (AvgIpc) is 2.49. The van der Waals surface area contributed by atoms with Crippen LogP contribution in [0.1, 0.15) is 36.6 Å². The van der Waals surface area contributed by atoms with Gasteiger partial charge < -0.3 is 10.4 Å². The Balaban J connectivity index is 1.99. The molecule has 0 saturated heterocycles. The van der Waals surface area contributed by atoms with Crippen molar-refractivity contribution < 1.29 is 9.50 Å². The largest absolute Gasteiger partial charge is 0.387 e. The molecule has 0 aromatic heterocycles. The van der Waals surface area contributed by atoms with E-state index in [4.69, 9.17) is 0 Å². The standard InChI is InChI=1S/C17H20FNO/c1-2-16(13-8-4-3-5-9-13)19-12-17(20)14-10-6-7-11-15(14)18/h3-11,16-17,19-20H,2,12H2,1H3. The van der Waals surface area contributed by atoms with Gasteiger partial charge in [-0.3, -0.25) is 0 Å². The summed E-state index contributed by atoms with van der Waals surface area (Å²) in [4.78, 5) is 0. The maximum Gasteiger partial charge on any atom is 0.129 e. The van der Waals surface area contributed by atoms with E-state index in [9.17, 15) is 9.50 Å². The van der Waals surface area contributed by atoms with Gasteiger partial charge in [0.1, 0.15) is 5.82 Å². The van der Waals surface area contributed by atoms with Crippen molar-refractivity contribution in [3.05, 3.63) is 71.5 Å². The van der Waals surface area contributed by atoms with E-state index in [1.165, 1.54) is 11.6 Å². The molecule has 0 aliphatic rings. The molecule has 2 aromatic rings. The van der Waals surface area contributed by atoms with Gasteiger partial charge >= 0.3 is 0 Å². The number of rotatable bonds is 6. The van der Waals surface area contributed by atoms with Gasteiger partial charge in [0.05, 0.1) is 6.10 Å². The summed E-state index contributed by atoms with van der Waals surface area (Å²) in [6.45, 7) is 2.41. The van der Waals surface area contributed by atoms with Crippen LogP contribution < -0.4 is 5.32 Å². The van der Waals surface area contributed by atoms with Crippen LogP contribution in [0.2, 0.25) is 0 Å². The highest BCUT2D eigenvalue weighted by Gasteiger charge is 2.14. The summed E-state index contributed by atoms with van der Waals surface area (Å²) in [5.74, 6) is -0.366. The summed E-state index contributed by atoms with van der Waals surface area (Å²) in [5.41, 5.74) is 1.51. The smallest absolute Gasteiger partial charge is 0.129 e. The molecule has 2 aromatic carbocycles. The third-order valence-electron chi connectivity index (χ3n) is 3.43. The lowest BCUT2D eigenvalue weighted by Gasteiger charge is -2.20. The first-order valence-electron chi connectivity index (χ1n) is 6.93. The lowest BCUT2D eigenvalue weighted by atomic mass is 10.0. The molecule has 20 heavy (non-hydrogen) atoms. The monoisotopic (exact) mass is 273 g/mol. The van der Waals surface area contributed by atoms with Crippen LogP contribution in [0.15, 0.2) is 54.6 Å². The predicted molar refractivity (Wildman–Crippen MR) is 78.8 cm³/mol. The lowest BCUT2D eigenvalue weighted by molar-refractivity contribution is 0.165. The van der Waals surface area contributed by atoms with Gasteiger partial charge in [-0.25, -0.2) is 4.39 Å². The number of hydrogen-bond donors (Lipinski definition) is 2. The van der Waals surface area contributed by atoms with Gasteiger partial charge in [0.2, 0.25) is 0 Å². The van der Waals surface area contributed by atoms with Crippen molar-refractivity contribution in [3.63, 3.8) is 0 Å². The Kier molecular flexibility index (Phi) is 5.27. The third kappa shape index (κ3) is 3.65. The molecule has 2 unspecified atom stereocenters. The normalized spacial score (nSPS) is 13.9. The molecule has 0 fully saturated rings. The highest BCUT2D eigenvalue weighted by atomic mass is 19.1. The Morgan fingerprint density at radius 2 is 1.70 bits per heavy atom. The molecule has 0 amide bonds. The van der Waals surface area contributed by atoms with Gasteiger partial charge in [-0.15, -0.1) is 0 Å². The predicted octanol–water partition coefficient (Wildman–Crippen LogP) is 3.60. The van der Waals surface area contributed by atoms with E-state index in [-0.39, 0.29) is 11.9 Å². The van der Waals surface area contributed by atoms with Crippen molar-refractivity contribution >= 4 is 0 Å². The van der Waals surface area contributed by atoms with Crippen molar-refractivity contribution in [2.24, 2.45) is 0 Å². The van der Waals surface area contributed by atoms with Gasteiger partial charge in [-0.05, 0) is 18.1 Å². The van der Waals surface area contributed by atoms with Crippen molar-refractivity contribution in [1.29, 1.82) is 0 Å². The van der Waals surface area contributed by atoms with Crippen LogP contribution in [-0.2, 0) is 0 Å². The maximum absolute atomic E-state index is 13.6. The number of benzene rings is 2. The molecule has 0 bridgehead atoms. The van der Waals surface area contributed by atoms with Crippen LogP contribution in [0.4, 0.5) is 4.39 Å². The molecule has 2 atom stereocenters. The minimum absolute atomic E-state index is 0.164. The van der Waals surface area contributed by atoms with E-state index in [1.54, 1.807) is 18.2 Å². The van der Waals surface area contributed by atoms with Crippen LogP contribution in [0.25, 0.3) is 0 Å². The van der Waals surface area contributed by atoms with Gasteiger partial charge in [0.15, 0.2) is 0 Å². The van der Waals surface area contributed by atoms with Crippen LogP contribution >= 0.6 is 0 Å². The minimum atomic E-state index is -0.839. The zero-order valence-electron chi connectivity index (χ0n) is 11.6. The fourth-order valence-electron chi connectivity index (χ4n) is 2.29. The molecule has 0 heterocycles. The molecule has 0 aliphatic carbocycles. The Morgan fingerprint density at radius 3 is 2.35 bits per heavy atom. The summed E-state index contributed by atoms with van der Waals surface area (Å²) in [6.07, 6.45) is 0.0718.